The second-order valence-corrected chi connectivity index (χ2v) is 10.9. The van der Waals surface area contributed by atoms with Crippen LogP contribution in [0.15, 0.2) is 36.5 Å². The number of ether oxygens (including phenoxy) is 1. The van der Waals surface area contributed by atoms with Crippen LogP contribution in [0.1, 0.15) is 60.2 Å². The Bertz CT molecular complexity index is 1350. The van der Waals surface area contributed by atoms with Crippen molar-refractivity contribution in [2.24, 2.45) is 5.92 Å². The summed E-state index contributed by atoms with van der Waals surface area (Å²) < 4.78 is 7.61. The van der Waals surface area contributed by atoms with E-state index in [4.69, 9.17) is 26.8 Å². The van der Waals surface area contributed by atoms with E-state index in [1.165, 1.54) is 6.21 Å². The molecule has 2 aliphatic heterocycles. The Morgan fingerprint density at radius 2 is 2.05 bits per heavy atom. The first-order chi connectivity index (χ1) is 18.3. The molecule has 0 aliphatic carbocycles. The van der Waals surface area contributed by atoms with Crippen molar-refractivity contribution in [1.82, 2.24) is 14.7 Å². The van der Waals surface area contributed by atoms with Crippen LogP contribution in [-0.2, 0) is 11.2 Å². The Labute approximate surface area is 228 Å². The third-order valence-electron chi connectivity index (χ3n) is 7.08. The fourth-order valence-electron chi connectivity index (χ4n) is 5.11. The third-order valence-corrected chi connectivity index (χ3v) is 7.49. The highest BCUT2D eigenvalue weighted by Crippen LogP contribution is 2.34. The zero-order valence-electron chi connectivity index (χ0n) is 22.2. The van der Waals surface area contributed by atoms with Crippen LogP contribution in [0.2, 0.25) is 5.02 Å². The number of carbonyl (C=O) groups is 1. The molecule has 0 saturated carbocycles. The molecule has 1 atom stereocenters. The minimum Gasteiger partial charge on any atom is -0.360 e. The molecule has 8 nitrogen and oxygen atoms in total. The highest BCUT2D eigenvalue weighted by atomic mass is 35.5. The van der Waals surface area contributed by atoms with E-state index >= 15 is 0 Å². The lowest BCUT2D eigenvalue weighted by atomic mass is 9.97. The molecule has 200 valence electrons. The normalized spacial score (nSPS) is 17.4. The topological polar surface area (TPSA) is 95.3 Å². The van der Waals surface area contributed by atoms with Crippen molar-refractivity contribution >= 4 is 40.9 Å². The molecule has 1 aromatic heterocycles. The molecular weight excluding hydrogens is 500 g/mol. The number of nitrogens with zero attached hydrogens (tertiary/aromatic N) is 3. The number of nitrogens with one attached hydrogen (secondary N) is 3. The molecule has 38 heavy (non-hydrogen) atoms. The minimum absolute atomic E-state index is 0.0690. The van der Waals surface area contributed by atoms with Crippen molar-refractivity contribution in [1.29, 1.82) is 5.41 Å². The van der Waals surface area contributed by atoms with Gasteiger partial charge in [0.25, 0.3) is 5.91 Å². The monoisotopic (exact) mass is 534 g/mol. The molecule has 0 spiro atoms. The van der Waals surface area contributed by atoms with Gasteiger partial charge >= 0.3 is 0 Å². The van der Waals surface area contributed by atoms with Gasteiger partial charge in [0, 0.05) is 54.5 Å². The zero-order chi connectivity index (χ0) is 26.8. The van der Waals surface area contributed by atoms with Gasteiger partial charge in [-0.15, -0.1) is 5.10 Å². The molecule has 3 heterocycles. The summed E-state index contributed by atoms with van der Waals surface area (Å²) in [6, 6.07) is 9.73. The Morgan fingerprint density at radius 3 is 2.79 bits per heavy atom. The largest absolute Gasteiger partial charge is 0.360 e. The van der Waals surface area contributed by atoms with Gasteiger partial charge in [0.2, 0.25) is 0 Å². The number of halogens is 1. The molecule has 2 aromatic carbocycles. The van der Waals surface area contributed by atoms with Gasteiger partial charge in [0.15, 0.2) is 5.82 Å². The van der Waals surface area contributed by atoms with Crippen LogP contribution < -0.4 is 10.6 Å². The molecular formula is C29H35ClN6O2. The highest BCUT2D eigenvalue weighted by molar-refractivity contribution is 6.36. The van der Waals surface area contributed by atoms with Gasteiger partial charge in [0.05, 0.1) is 16.4 Å². The summed E-state index contributed by atoms with van der Waals surface area (Å²) in [6.07, 6.45) is 7.11. The van der Waals surface area contributed by atoms with Crippen molar-refractivity contribution in [2.75, 3.05) is 30.3 Å². The van der Waals surface area contributed by atoms with E-state index < -0.39 is 0 Å². The van der Waals surface area contributed by atoms with Gasteiger partial charge in [-0.1, -0.05) is 25.4 Å². The van der Waals surface area contributed by atoms with Crippen molar-refractivity contribution in [3.05, 3.63) is 63.8 Å². The average molecular weight is 535 g/mol. The Hall–Kier alpha value is -3.36. The number of benzene rings is 2. The standard InChI is InChI=1S/C29H35ClN6O2/c1-18(2)16-35-12-11-20-14-21(7-8-22(20)29(35)37)36-17-19(3)28(34-36)33-25-10-9-24(23(15-31)27(25)30)32-26-6-4-5-13-38-26/h7-10,14-15,17-18,26,31-32H,4-6,11-13,16H2,1-3H3,(H,33,34). The van der Waals surface area contributed by atoms with Crippen LogP contribution in [-0.4, -0.2) is 52.7 Å². The summed E-state index contributed by atoms with van der Waals surface area (Å²) >= 11 is 6.73. The Balaban J connectivity index is 1.35. The van der Waals surface area contributed by atoms with Gasteiger partial charge < -0.3 is 25.7 Å². The number of hydrogen-bond acceptors (Lipinski definition) is 6. The molecule has 2 aliphatic rings. The highest BCUT2D eigenvalue weighted by Gasteiger charge is 2.25. The van der Waals surface area contributed by atoms with E-state index in [1.54, 1.807) is 0 Å². The van der Waals surface area contributed by atoms with Crippen molar-refractivity contribution < 1.29 is 9.53 Å². The predicted molar refractivity (Wildman–Crippen MR) is 153 cm³/mol. The Morgan fingerprint density at radius 1 is 1.24 bits per heavy atom. The molecule has 3 N–H and O–H groups in total. The van der Waals surface area contributed by atoms with Gasteiger partial charge in [0.1, 0.15) is 6.23 Å². The first kappa shape index (κ1) is 26.3. The first-order valence-electron chi connectivity index (χ1n) is 13.3. The van der Waals surface area contributed by atoms with E-state index in [-0.39, 0.29) is 12.1 Å². The molecule has 0 radical (unpaired) electrons. The summed E-state index contributed by atoms with van der Waals surface area (Å²) in [5.74, 6) is 1.23. The number of hydrogen-bond donors (Lipinski definition) is 3. The predicted octanol–water partition coefficient (Wildman–Crippen LogP) is 6.17. The van der Waals surface area contributed by atoms with Gasteiger partial charge in [-0.2, -0.15) is 0 Å². The molecule has 0 bridgehead atoms. The fraction of sp³-hybridized carbons (Fsp3) is 0.414. The number of carbonyl (C=O) groups excluding carboxylic acids is 1. The van der Waals surface area contributed by atoms with Crippen LogP contribution in [0.3, 0.4) is 0 Å². The number of fused-ring (bicyclic) bond motifs is 1. The molecule has 9 heteroatoms. The van der Waals surface area contributed by atoms with E-state index in [1.807, 2.05) is 47.0 Å². The molecule has 3 aromatic rings. The van der Waals surface area contributed by atoms with Crippen LogP contribution in [0.4, 0.5) is 17.2 Å². The van der Waals surface area contributed by atoms with Crippen LogP contribution in [0.25, 0.3) is 5.69 Å². The van der Waals surface area contributed by atoms with Crippen molar-refractivity contribution in [2.45, 2.75) is 52.7 Å². The van der Waals surface area contributed by atoms with Crippen LogP contribution in [0.5, 0.6) is 0 Å². The first-order valence-corrected chi connectivity index (χ1v) is 13.7. The number of rotatable bonds is 8. The summed E-state index contributed by atoms with van der Waals surface area (Å²) in [7, 11) is 0. The van der Waals surface area contributed by atoms with E-state index in [9.17, 15) is 4.79 Å². The molecule has 5 rings (SSSR count). The zero-order valence-corrected chi connectivity index (χ0v) is 22.9. The molecule has 1 unspecified atom stereocenters. The number of anilines is 3. The van der Waals surface area contributed by atoms with Gasteiger partial charge in [-0.05, 0) is 74.4 Å². The second kappa shape index (κ2) is 11.2. The summed E-state index contributed by atoms with van der Waals surface area (Å²) in [5, 5.41) is 19.9. The van der Waals surface area contributed by atoms with Gasteiger partial charge in [-0.25, -0.2) is 4.68 Å². The minimum atomic E-state index is -0.0690. The summed E-state index contributed by atoms with van der Waals surface area (Å²) in [6.45, 7) is 8.51. The quantitative estimate of drug-likeness (QED) is 0.300. The maximum Gasteiger partial charge on any atom is 0.254 e. The average Bonchev–Trinajstić information content (AvgIpc) is 3.27. The molecule has 1 fully saturated rings. The maximum atomic E-state index is 12.9. The lowest BCUT2D eigenvalue weighted by Crippen LogP contribution is -2.39. The lowest BCUT2D eigenvalue weighted by molar-refractivity contribution is 0.0343. The smallest absolute Gasteiger partial charge is 0.254 e. The van der Waals surface area contributed by atoms with Crippen molar-refractivity contribution in [3.63, 3.8) is 0 Å². The summed E-state index contributed by atoms with van der Waals surface area (Å²) in [4.78, 5) is 14.9. The van der Waals surface area contributed by atoms with E-state index in [2.05, 4.69) is 30.5 Å². The number of aromatic nitrogens is 2. The van der Waals surface area contributed by atoms with E-state index in [0.717, 1.165) is 73.4 Å². The van der Waals surface area contributed by atoms with E-state index in [0.29, 0.717) is 28.0 Å². The second-order valence-electron chi connectivity index (χ2n) is 10.5. The lowest BCUT2D eigenvalue weighted by Gasteiger charge is -2.30. The fourth-order valence-corrected chi connectivity index (χ4v) is 5.37. The third kappa shape index (κ3) is 5.42. The van der Waals surface area contributed by atoms with Gasteiger partial charge in [-0.3, -0.25) is 4.79 Å². The summed E-state index contributed by atoms with van der Waals surface area (Å²) in [5.41, 5.74) is 5.75. The Kier molecular flexibility index (Phi) is 7.72. The van der Waals surface area contributed by atoms with Crippen LogP contribution >= 0.6 is 11.6 Å². The number of amides is 1. The van der Waals surface area contributed by atoms with Crippen molar-refractivity contribution in [3.8, 4) is 5.69 Å². The molecule has 1 amide bonds. The van der Waals surface area contributed by atoms with Crippen LogP contribution in [0, 0.1) is 18.3 Å². The number of aryl methyl sites for hydroxylation is 1. The maximum absolute atomic E-state index is 12.9. The SMILES string of the molecule is Cc1cn(-c2ccc3c(c2)CCN(CC(C)C)C3=O)nc1Nc1ccc(NC2CCCCO2)c(C=N)c1Cl. The molecule has 1 saturated heterocycles.